The first-order valence-corrected chi connectivity index (χ1v) is 6.74. The number of benzene rings is 1. The van der Waals surface area contributed by atoms with Crippen molar-refractivity contribution in [3.05, 3.63) is 42.1 Å². The SMILES string of the molecule is CCC(C)(OC)C(N)Cc1ccc2ccccc2n1. The van der Waals surface area contributed by atoms with E-state index >= 15 is 0 Å². The van der Waals surface area contributed by atoms with Gasteiger partial charge in [-0.1, -0.05) is 31.2 Å². The number of methoxy groups -OCH3 is 1. The number of aromatic nitrogens is 1. The van der Waals surface area contributed by atoms with E-state index in [1.165, 1.54) is 0 Å². The van der Waals surface area contributed by atoms with E-state index in [1.54, 1.807) is 7.11 Å². The Morgan fingerprint density at radius 1 is 1.26 bits per heavy atom. The molecule has 0 aliphatic carbocycles. The number of ether oxygens (including phenoxy) is 1. The van der Waals surface area contributed by atoms with Gasteiger partial charge in [0.2, 0.25) is 0 Å². The molecule has 0 aliphatic heterocycles. The van der Waals surface area contributed by atoms with Crippen molar-refractivity contribution in [2.75, 3.05) is 7.11 Å². The maximum atomic E-state index is 6.28. The summed E-state index contributed by atoms with van der Waals surface area (Å²) in [6.45, 7) is 4.15. The maximum absolute atomic E-state index is 6.28. The van der Waals surface area contributed by atoms with Gasteiger partial charge in [0, 0.05) is 30.7 Å². The topological polar surface area (TPSA) is 48.1 Å². The number of rotatable bonds is 5. The summed E-state index contributed by atoms with van der Waals surface area (Å²) in [5, 5.41) is 1.16. The first kappa shape index (κ1) is 14.0. The zero-order chi connectivity index (χ0) is 13.9. The maximum Gasteiger partial charge on any atom is 0.0802 e. The van der Waals surface area contributed by atoms with Gasteiger partial charge in [-0.3, -0.25) is 4.98 Å². The van der Waals surface area contributed by atoms with Crippen LogP contribution in [0.3, 0.4) is 0 Å². The van der Waals surface area contributed by atoms with Crippen LogP contribution in [-0.4, -0.2) is 23.7 Å². The number of hydrogen-bond donors (Lipinski definition) is 1. The Balaban J connectivity index is 2.21. The Morgan fingerprint density at radius 2 is 2.00 bits per heavy atom. The van der Waals surface area contributed by atoms with Crippen molar-refractivity contribution in [2.45, 2.75) is 38.3 Å². The summed E-state index contributed by atoms with van der Waals surface area (Å²) in [5.74, 6) is 0. The van der Waals surface area contributed by atoms with Crippen LogP contribution in [0.25, 0.3) is 10.9 Å². The molecule has 0 fully saturated rings. The van der Waals surface area contributed by atoms with Gasteiger partial charge < -0.3 is 10.5 Å². The van der Waals surface area contributed by atoms with Crippen LogP contribution in [0.2, 0.25) is 0 Å². The zero-order valence-electron chi connectivity index (χ0n) is 11.9. The Bertz CT molecular complexity index is 549. The van der Waals surface area contributed by atoms with Crippen LogP contribution in [0.1, 0.15) is 26.0 Å². The van der Waals surface area contributed by atoms with Crippen LogP contribution in [0.5, 0.6) is 0 Å². The van der Waals surface area contributed by atoms with Gasteiger partial charge in [0.15, 0.2) is 0 Å². The lowest BCUT2D eigenvalue weighted by Gasteiger charge is -2.33. The molecule has 3 nitrogen and oxygen atoms in total. The molecule has 1 aromatic carbocycles. The zero-order valence-corrected chi connectivity index (χ0v) is 11.9. The van der Waals surface area contributed by atoms with Crippen LogP contribution in [0, 0.1) is 0 Å². The van der Waals surface area contributed by atoms with Gasteiger partial charge in [-0.25, -0.2) is 0 Å². The molecular formula is C16H22N2O. The molecule has 2 rings (SSSR count). The number of nitrogens with two attached hydrogens (primary N) is 1. The summed E-state index contributed by atoms with van der Waals surface area (Å²) < 4.78 is 5.56. The second-order valence-electron chi connectivity index (χ2n) is 5.18. The van der Waals surface area contributed by atoms with Gasteiger partial charge >= 0.3 is 0 Å². The van der Waals surface area contributed by atoms with E-state index in [2.05, 4.69) is 31.0 Å². The Hall–Kier alpha value is -1.45. The van der Waals surface area contributed by atoms with Gasteiger partial charge in [0.25, 0.3) is 0 Å². The normalized spacial score (nSPS) is 16.2. The van der Waals surface area contributed by atoms with Gasteiger partial charge in [0.1, 0.15) is 0 Å². The molecule has 0 radical (unpaired) electrons. The second kappa shape index (κ2) is 5.68. The van der Waals surface area contributed by atoms with Crippen molar-refractivity contribution >= 4 is 10.9 Å². The van der Waals surface area contributed by atoms with Gasteiger partial charge in [0.05, 0.1) is 11.1 Å². The summed E-state index contributed by atoms with van der Waals surface area (Å²) >= 11 is 0. The minimum Gasteiger partial charge on any atom is -0.377 e. The summed E-state index contributed by atoms with van der Waals surface area (Å²) in [6.07, 6.45) is 1.61. The third-order valence-corrected chi connectivity index (χ3v) is 4.04. The third-order valence-electron chi connectivity index (χ3n) is 4.04. The second-order valence-corrected chi connectivity index (χ2v) is 5.18. The van der Waals surface area contributed by atoms with Gasteiger partial charge in [-0.05, 0) is 25.5 Å². The molecule has 1 aromatic heterocycles. The molecule has 19 heavy (non-hydrogen) atoms. The Morgan fingerprint density at radius 3 is 2.68 bits per heavy atom. The lowest BCUT2D eigenvalue weighted by molar-refractivity contribution is -0.0186. The first-order chi connectivity index (χ1) is 9.09. The lowest BCUT2D eigenvalue weighted by atomic mass is 9.90. The number of nitrogens with zero attached hydrogens (tertiary/aromatic N) is 1. The Kier molecular flexibility index (Phi) is 4.17. The third kappa shape index (κ3) is 2.94. The fraction of sp³-hybridized carbons (Fsp3) is 0.438. The lowest BCUT2D eigenvalue weighted by Crippen LogP contribution is -2.48. The van der Waals surface area contributed by atoms with Crippen LogP contribution < -0.4 is 5.73 Å². The number of para-hydroxylation sites is 1. The number of fused-ring (bicyclic) bond motifs is 1. The van der Waals surface area contributed by atoms with Gasteiger partial charge in [-0.2, -0.15) is 0 Å². The van der Waals surface area contributed by atoms with Crippen LogP contribution in [0.4, 0.5) is 0 Å². The van der Waals surface area contributed by atoms with E-state index in [0.29, 0.717) is 0 Å². The average molecular weight is 258 g/mol. The minimum absolute atomic E-state index is 0.0591. The van der Waals surface area contributed by atoms with E-state index in [9.17, 15) is 0 Å². The smallest absolute Gasteiger partial charge is 0.0802 e. The molecule has 3 heteroatoms. The number of hydrogen-bond acceptors (Lipinski definition) is 3. The molecule has 2 unspecified atom stereocenters. The van der Waals surface area contributed by atoms with Crippen LogP contribution >= 0.6 is 0 Å². The van der Waals surface area contributed by atoms with Crippen LogP contribution in [-0.2, 0) is 11.2 Å². The summed E-state index contributed by atoms with van der Waals surface area (Å²) in [5.41, 5.74) is 8.02. The average Bonchev–Trinajstić information content (AvgIpc) is 2.46. The minimum atomic E-state index is -0.298. The quantitative estimate of drug-likeness (QED) is 0.897. The molecule has 2 N–H and O–H groups in total. The molecule has 0 spiro atoms. The van der Waals surface area contributed by atoms with Gasteiger partial charge in [-0.15, -0.1) is 0 Å². The van der Waals surface area contributed by atoms with Crippen molar-refractivity contribution < 1.29 is 4.74 Å². The van der Waals surface area contributed by atoms with E-state index in [4.69, 9.17) is 10.5 Å². The number of pyridine rings is 1. The van der Waals surface area contributed by atoms with Crippen molar-refractivity contribution in [1.82, 2.24) is 4.98 Å². The van der Waals surface area contributed by atoms with E-state index in [-0.39, 0.29) is 11.6 Å². The fourth-order valence-corrected chi connectivity index (χ4v) is 2.22. The molecular weight excluding hydrogens is 236 g/mol. The molecule has 2 atom stereocenters. The molecule has 2 aromatic rings. The Labute approximate surface area is 114 Å². The predicted octanol–water partition coefficient (Wildman–Crippen LogP) is 2.92. The predicted molar refractivity (Wildman–Crippen MR) is 79.1 cm³/mol. The van der Waals surface area contributed by atoms with Crippen molar-refractivity contribution in [3.8, 4) is 0 Å². The molecule has 0 amide bonds. The fourth-order valence-electron chi connectivity index (χ4n) is 2.22. The summed E-state index contributed by atoms with van der Waals surface area (Å²) in [4.78, 5) is 4.66. The van der Waals surface area contributed by atoms with Crippen molar-refractivity contribution in [1.29, 1.82) is 0 Å². The van der Waals surface area contributed by atoms with E-state index in [0.717, 1.165) is 29.4 Å². The molecule has 0 saturated carbocycles. The highest BCUT2D eigenvalue weighted by atomic mass is 16.5. The summed E-state index contributed by atoms with van der Waals surface area (Å²) in [7, 11) is 1.72. The molecule has 1 heterocycles. The van der Waals surface area contributed by atoms with E-state index < -0.39 is 0 Å². The van der Waals surface area contributed by atoms with Crippen LogP contribution in [0.15, 0.2) is 36.4 Å². The molecule has 102 valence electrons. The standard InChI is InChI=1S/C16H22N2O/c1-4-16(2,19-3)15(17)11-13-10-9-12-7-5-6-8-14(12)18-13/h5-10,15H,4,11,17H2,1-3H3. The highest BCUT2D eigenvalue weighted by molar-refractivity contribution is 5.78. The highest BCUT2D eigenvalue weighted by Gasteiger charge is 2.29. The van der Waals surface area contributed by atoms with E-state index in [1.807, 2.05) is 24.3 Å². The highest BCUT2D eigenvalue weighted by Crippen LogP contribution is 2.21. The van der Waals surface area contributed by atoms with Crippen molar-refractivity contribution in [2.24, 2.45) is 5.73 Å². The van der Waals surface area contributed by atoms with Crippen molar-refractivity contribution in [3.63, 3.8) is 0 Å². The molecule has 0 saturated heterocycles. The largest absolute Gasteiger partial charge is 0.377 e. The first-order valence-electron chi connectivity index (χ1n) is 6.74. The summed E-state index contributed by atoms with van der Waals surface area (Å²) in [6, 6.07) is 12.2. The monoisotopic (exact) mass is 258 g/mol. The molecule has 0 bridgehead atoms. The molecule has 0 aliphatic rings.